The van der Waals surface area contributed by atoms with Crippen LogP contribution >= 0.6 is 0 Å². The second-order valence-electron chi connectivity index (χ2n) is 5.73. The minimum Gasteiger partial charge on any atom is -0.357 e. The first-order chi connectivity index (χ1) is 9.13. The van der Waals surface area contributed by atoms with Crippen LogP contribution in [0.5, 0.6) is 0 Å². The van der Waals surface area contributed by atoms with E-state index in [9.17, 15) is 9.59 Å². The van der Waals surface area contributed by atoms with Crippen molar-refractivity contribution in [3.05, 3.63) is 0 Å². The van der Waals surface area contributed by atoms with Crippen molar-refractivity contribution < 1.29 is 9.59 Å². The van der Waals surface area contributed by atoms with Crippen molar-refractivity contribution in [2.24, 2.45) is 5.92 Å². The van der Waals surface area contributed by atoms with Gasteiger partial charge in [0.05, 0.1) is 0 Å². The second kappa shape index (κ2) is 6.37. The largest absolute Gasteiger partial charge is 0.357 e. The van der Waals surface area contributed by atoms with Crippen LogP contribution in [0.1, 0.15) is 39.0 Å². The summed E-state index contributed by atoms with van der Waals surface area (Å²) in [6, 6.07) is 0.141. The number of nitrogens with one attached hydrogen (secondary N) is 2. The highest BCUT2D eigenvalue weighted by Crippen LogP contribution is 2.24. The summed E-state index contributed by atoms with van der Waals surface area (Å²) in [5, 5.41) is 6.05. The van der Waals surface area contributed by atoms with Crippen molar-refractivity contribution in [1.82, 2.24) is 15.5 Å². The number of nitrogens with zero attached hydrogens (tertiary/aromatic N) is 1. The van der Waals surface area contributed by atoms with Gasteiger partial charge in [-0.3, -0.25) is 9.59 Å². The number of hydrogen-bond donors (Lipinski definition) is 2. The molecule has 0 aromatic rings. The summed E-state index contributed by atoms with van der Waals surface area (Å²) >= 11 is 0. The van der Waals surface area contributed by atoms with Crippen LogP contribution in [0.4, 0.5) is 0 Å². The van der Waals surface area contributed by atoms with E-state index in [2.05, 4.69) is 17.6 Å². The van der Waals surface area contributed by atoms with Crippen LogP contribution in [-0.2, 0) is 9.59 Å². The monoisotopic (exact) mass is 267 g/mol. The van der Waals surface area contributed by atoms with Crippen molar-refractivity contribution in [3.8, 4) is 0 Å². The lowest BCUT2D eigenvalue weighted by Gasteiger charge is -2.38. The van der Waals surface area contributed by atoms with Crippen molar-refractivity contribution in [2.45, 2.75) is 51.1 Å². The second-order valence-corrected chi connectivity index (χ2v) is 5.73. The van der Waals surface area contributed by atoms with Crippen molar-refractivity contribution >= 4 is 11.8 Å². The van der Waals surface area contributed by atoms with Crippen LogP contribution in [0.15, 0.2) is 0 Å². The van der Waals surface area contributed by atoms with Crippen LogP contribution in [-0.4, -0.2) is 48.9 Å². The summed E-state index contributed by atoms with van der Waals surface area (Å²) in [5.74, 6) is 0.248. The Morgan fingerprint density at radius 3 is 2.74 bits per heavy atom. The highest BCUT2D eigenvalue weighted by Gasteiger charge is 2.36. The maximum atomic E-state index is 12.6. The summed E-state index contributed by atoms with van der Waals surface area (Å²) in [6.45, 7) is 3.75. The molecule has 5 nitrogen and oxygen atoms in total. The van der Waals surface area contributed by atoms with Crippen molar-refractivity contribution in [1.29, 1.82) is 0 Å². The Kier molecular flexibility index (Phi) is 4.80. The molecule has 3 unspecified atom stereocenters. The summed E-state index contributed by atoms with van der Waals surface area (Å²) in [6.07, 6.45) is 4.62. The molecule has 19 heavy (non-hydrogen) atoms. The minimum absolute atomic E-state index is 0.0185. The van der Waals surface area contributed by atoms with E-state index >= 15 is 0 Å². The van der Waals surface area contributed by atoms with Gasteiger partial charge < -0.3 is 15.5 Å². The van der Waals surface area contributed by atoms with Crippen LogP contribution in [0.2, 0.25) is 0 Å². The van der Waals surface area contributed by atoms with Gasteiger partial charge in [0.2, 0.25) is 11.8 Å². The zero-order valence-electron chi connectivity index (χ0n) is 11.9. The maximum Gasteiger partial charge on any atom is 0.242 e. The molecule has 0 radical (unpaired) electrons. The SMILES string of the molecule is CNC(=O)C1CCCCN1C(=O)C1CCNC(C)C1. The highest BCUT2D eigenvalue weighted by atomic mass is 16.2. The van der Waals surface area contributed by atoms with Gasteiger partial charge in [-0.2, -0.15) is 0 Å². The molecule has 0 spiro atoms. The van der Waals surface area contributed by atoms with E-state index in [1.54, 1.807) is 7.05 Å². The first-order valence-corrected chi connectivity index (χ1v) is 7.39. The first kappa shape index (κ1) is 14.3. The van der Waals surface area contributed by atoms with Crippen LogP contribution in [0.3, 0.4) is 0 Å². The van der Waals surface area contributed by atoms with Gasteiger partial charge in [-0.15, -0.1) is 0 Å². The number of carbonyl (C=O) groups excluding carboxylic acids is 2. The summed E-state index contributed by atoms with van der Waals surface area (Å²) in [4.78, 5) is 26.4. The molecular weight excluding hydrogens is 242 g/mol. The van der Waals surface area contributed by atoms with Crippen molar-refractivity contribution in [2.75, 3.05) is 20.1 Å². The average molecular weight is 267 g/mol. The van der Waals surface area contributed by atoms with Gasteiger partial charge in [0, 0.05) is 25.6 Å². The number of piperidine rings is 2. The summed E-state index contributed by atoms with van der Waals surface area (Å²) in [7, 11) is 1.65. The lowest BCUT2D eigenvalue weighted by molar-refractivity contribution is -0.146. The molecule has 5 heteroatoms. The summed E-state index contributed by atoms with van der Waals surface area (Å²) in [5.41, 5.74) is 0. The predicted molar refractivity (Wildman–Crippen MR) is 73.6 cm³/mol. The molecular formula is C14H25N3O2. The van der Waals surface area contributed by atoms with Gasteiger partial charge in [0.1, 0.15) is 6.04 Å². The Hall–Kier alpha value is -1.10. The topological polar surface area (TPSA) is 61.4 Å². The maximum absolute atomic E-state index is 12.6. The normalized spacial score (nSPS) is 31.9. The number of carbonyl (C=O) groups is 2. The van der Waals surface area contributed by atoms with E-state index in [1.165, 1.54) is 0 Å². The smallest absolute Gasteiger partial charge is 0.242 e. The number of amides is 2. The fraction of sp³-hybridized carbons (Fsp3) is 0.857. The van der Waals surface area contributed by atoms with Gasteiger partial charge in [0.25, 0.3) is 0 Å². The Morgan fingerprint density at radius 2 is 2.05 bits per heavy atom. The molecule has 2 aliphatic heterocycles. The van der Waals surface area contributed by atoms with Gasteiger partial charge in [-0.25, -0.2) is 0 Å². The van der Waals surface area contributed by atoms with E-state index in [0.29, 0.717) is 6.04 Å². The number of rotatable bonds is 2. The first-order valence-electron chi connectivity index (χ1n) is 7.39. The third-order valence-corrected chi connectivity index (χ3v) is 4.31. The molecule has 0 aliphatic carbocycles. The molecule has 0 bridgehead atoms. The average Bonchev–Trinajstić information content (AvgIpc) is 2.45. The third kappa shape index (κ3) is 3.26. The lowest BCUT2D eigenvalue weighted by Crippen LogP contribution is -2.54. The van der Waals surface area contributed by atoms with Crippen molar-refractivity contribution in [3.63, 3.8) is 0 Å². The van der Waals surface area contributed by atoms with Crippen LogP contribution in [0, 0.1) is 5.92 Å². The van der Waals surface area contributed by atoms with Gasteiger partial charge in [0.15, 0.2) is 0 Å². The number of hydrogen-bond acceptors (Lipinski definition) is 3. The predicted octanol–water partition coefficient (Wildman–Crippen LogP) is 0.502. The highest BCUT2D eigenvalue weighted by molar-refractivity contribution is 5.88. The van der Waals surface area contributed by atoms with E-state index in [1.807, 2.05) is 4.90 Å². The molecule has 0 saturated carbocycles. The molecule has 2 rings (SSSR count). The van der Waals surface area contributed by atoms with Crippen LogP contribution < -0.4 is 10.6 Å². The molecule has 2 N–H and O–H groups in total. The van der Waals surface area contributed by atoms with E-state index in [4.69, 9.17) is 0 Å². The fourth-order valence-electron chi connectivity index (χ4n) is 3.23. The molecule has 2 fully saturated rings. The van der Waals surface area contributed by atoms with Crippen LogP contribution in [0.25, 0.3) is 0 Å². The minimum atomic E-state index is -0.253. The Balaban J connectivity index is 2.04. The fourth-order valence-corrected chi connectivity index (χ4v) is 3.23. The molecule has 2 heterocycles. The molecule has 0 aromatic carbocycles. The standard InChI is InChI=1S/C14H25N3O2/c1-10-9-11(6-7-16-10)14(19)17-8-4-3-5-12(17)13(18)15-2/h10-12,16H,3-9H2,1-2H3,(H,15,18). The Morgan fingerprint density at radius 1 is 1.26 bits per heavy atom. The molecule has 2 amide bonds. The summed E-state index contributed by atoms with van der Waals surface area (Å²) < 4.78 is 0. The third-order valence-electron chi connectivity index (χ3n) is 4.31. The lowest BCUT2D eigenvalue weighted by atomic mass is 9.90. The molecule has 2 aliphatic rings. The Labute approximate surface area is 115 Å². The number of likely N-dealkylation sites (tertiary alicyclic amines) is 1. The zero-order chi connectivity index (χ0) is 13.8. The molecule has 0 aromatic heterocycles. The van der Waals surface area contributed by atoms with E-state index in [0.717, 1.165) is 45.2 Å². The quantitative estimate of drug-likeness (QED) is 0.766. The van der Waals surface area contributed by atoms with Gasteiger partial charge in [-0.1, -0.05) is 0 Å². The zero-order valence-corrected chi connectivity index (χ0v) is 11.9. The van der Waals surface area contributed by atoms with Gasteiger partial charge >= 0.3 is 0 Å². The van der Waals surface area contributed by atoms with Gasteiger partial charge in [-0.05, 0) is 45.6 Å². The number of likely N-dealkylation sites (N-methyl/N-ethyl adjacent to an activating group) is 1. The van der Waals surface area contributed by atoms with E-state index < -0.39 is 0 Å². The molecule has 3 atom stereocenters. The molecule has 2 saturated heterocycles. The Bertz CT molecular complexity index is 346. The molecule has 108 valence electrons. The van der Waals surface area contributed by atoms with E-state index in [-0.39, 0.29) is 23.8 Å².